The number of nitrogens with zero attached hydrogens (tertiary/aromatic N) is 1. The van der Waals surface area contributed by atoms with Crippen LogP contribution in [0.1, 0.15) is 47.2 Å². The molecule has 3 aromatic rings. The third-order valence-electron chi connectivity index (χ3n) is 5.71. The van der Waals surface area contributed by atoms with Crippen molar-refractivity contribution in [2.45, 2.75) is 43.9 Å². The molecule has 0 unspecified atom stereocenters. The Kier molecular flexibility index (Phi) is 8.75. The molecule has 1 aliphatic rings. The molecule has 1 saturated carbocycles. The van der Waals surface area contributed by atoms with Crippen LogP contribution < -0.4 is 10.6 Å². The lowest BCUT2D eigenvalue weighted by Crippen LogP contribution is -2.40. The van der Waals surface area contributed by atoms with E-state index in [2.05, 4.69) is 15.6 Å². The first kappa shape index (κ1) is 26.5. The number of aromatic nitrogens is 1. The lowest BCUT2D eigenvalue weighted by molar-refractivity contribution is -0.137. The Hall–Kier alpha value is -2.77. The molecule has 0 radical (unpaired) electrons. The van der Waals surface area contributed by atoms with E-state index in [0.29, 0.717) is 11.3 Å². The summed E-state index contributed by atoms with van der Waals surface area (Å²) in [4.78, 5) is 15.8. The van der Waals surface area contributed by atoms with E-state index in [-0.39, 0.29) is 50.5 Å². The maximum Gasteiger partial charge on any atom is 0.417 e. The van der Waals surface area contributed by atoms with Gasteiger partial charge in [0, 0.05) is 34.9 Å². The highest BCUT2D eigenvalue weighted by Gasteiger charge is 2.34. The van der Waals surface area contributed by atoms with Gasteiger partial charge in [0.05, 0.1) is 22.8 Å². The van der Waals surface area contributed by atoms with E-state index >= 15 is 0 Å². The molecule has 3 N–H and O–H groups in total. The third-order valence-corrected chi connectivity index (χ3v) is 5.71. The van der Waals surface area contributed by atoms with Crippen LogP contribution in [0.3, 0.4) is 0 Å². The average molecular weight is 495 g/mol. The number of para-hydroxylation sites is 1. The minimum absolute atomic E-state index is 0. The van der Waals surface area contributed by atoms with Crippen LogP contribution in [0, 0.1) is 11.3 Å². The van der Waals surface area contributed by atoms with Crippen molar-refractivity contribution in [2.75, 3.05) is 5.32 Å². The van der Waals surface area contributed by atoms with Gasteiger partial charge in [0.2, 0.25) is 0 Å². The molecule has 1 heterocycles. The normalized spacial score (nSPS) is 17.9. The largest absolute Gasteiger partial charge is 0.417 e. The van der Waals surface area contributed by atoms with E-state index in [4.69, 9.17) is 5.26 Å². The zero-order valence-electron chi connectivity index (χ0n) is 17.6. The highest BCUT2D eigenvalue weighted by atomic mass is 32.1. The predicted molar refractivity (Wildman–Crippen MR) is 132 cm³/mol. The van der Waals surface area contributed by atoms with Gasteiger partial charge in [-0.2, -0.15) is 45.4 Å². The van der Waals surface area contributed by atoms with E-state index in [0.717, 1.165) is 42.7 Å². The second-order valence-electron chi connectivity index (χ2n) is 7.78. The molecule has 1 aromatic heterocycles. The van der Waals surface area contributed by atoms with E-state index in [1.165, 1.54) is 12.1 Å². The van der Waals surface area contributed by atoms with Gasteiger partial charge in [-0.25, -0.2) is 0 Å². The van der Waals surface area contributed by atoms with Crippen LogP contribution in [-0.4, -0.2) is 23.0 Å². The summed E-state index contributed by atoms with van der Waals surface area (Å²) in [6.07, 6.45) is 0.0339. The summed E-state index contributed by atoms with van der Waals surface area (Å²) in [5.41, 5.74) is 0.536. The number of fused-ring (bicyclic) bond motifs is 1. The lowest BCUT2D eigenvalue weighted by atomic mass is 9.90. The van der Waals surface area contributed by atoms with Crippen LogP contribution in [0.4, 0.5) is 18.9 Å². The molecule has 1 aliphatic carbocycles. The van der Waals surface area contributed by atoms with E-state index in [1.807, 2.05) is 24.3 Å². The fourth-order valence-electron chi connectivity index (χ4n) is 4.11. The minimum Gasteiger partial charge on any atom is -0.382 e. The maximum atomic E-state index is 13.2. The van der Waals surface area contributed by atoms with E-state index < -0.39 is 11.7 Å². The van der Waals surface area contributed by atoms with Gasteiger partial charge >= 0.3 is 6.18 Å². The van der Waals surface area contributed by atoms with Crippen molar-refractivity contribution >= 4 is 49.5 Å². The summed E-state index contributed by atoms with van der Waals surface area (Å²) in [5, 5.41) is 16.0. The van der Waals surface area contributed by atoms with Crippen molar-refractivity contribution in [2.24, 2.45) is 0 Å². The first-order valence-electron chi connectivity index (χ1n) is 10.1. The molecule has 2 aromatic carbocycles. The van der Waals surface area contributed by atoms with Crippen LogP contribution >= 0.6 is 27.0 Å². The number of H-pyrrole nitrogens is 1. The lowest BCUT2D eigenvalue weighted by Gasteiger charge is -2.30. The number of anilines is 1. The molecular formula is C23H25F3N4OS2. The Morgan fingerprint density at radius 1 is 1.03 bits per heavy atom. The van der Waals surface area contributed by atoms with Gasteiger partial charge in [-0.15, -0.1) is 0 Å². The Morgan fingerprint density at radius 3 is 2.36 bits per heavy atom. The number of rotatable bonds is 4. The monoisotopic (exact) mass is 494 g/mol. The molecule has 4 rings (SSSR count). The van der Waals surface area contributed by atoms with Gasteiger partial charge in [-0.05, 0) is 49.9 Å². The van der Waals surface area contributed by atoms with Crippen LogP contribution in [-0.2, 0) is 6.18 Å². The SMILES string of the molecule is N#Cc1ccc(NC2CCC(NC(=O)c3c[nH]c4ccccc34)CC2)cc1C(F)(F)F.S.S. The summed E-state index contributed by atoms with van der Waals surface area (Å²) >= 11 is 0. The summed E-state index contributed by atoms with van der Waals surface area (Å²) in [6, 6.07) is 12.9. The van der Waals surface area contributed by atoms with Crippen molar-refractivity contribution in [3.63, 3.8) is 0 Å². The van der Waals surface area contributed by atoms with Crippen molar-refractivity contribution < 1.29 is 18.0 Å². The summed E-state index contributed by atoms with van der Waals surface area (Å²) < 4.78 is 39.5. The van der Waals surface area contributed by atoms with Gasteiger partial charge in [0.15, 0.2) is 0 Å². The summed E-state index contributed by atoms with van der Waals surface area (Å²) in [6.45, 7) is 0. The Morgan fingerprint density at radius 2 is 1.70 bits per heavy atom. The number of alkyl halides is 3. The van der Waals surface area contributed by atoms with Gasteiger partial charge in [-0.3, -0.25) is 4.79 Å². The quantitative estimate of drug-likeness (QED) is 0.452. The van der Waals surface area contributed by atoms with Gasteiger partial charge in [0.1, 0.15) is 0 Å². The van der Waals surface area contributed by atoms with Crippen molar-refractivity contribution in [1.29, 1.82) is 5.26 Å². The molecule has 0 atom stereocenters. The molecule has 33 heavy (non-hydrogen) atoms. The molecule has 1 fully saturated rings. The molecule has 0 bridgehead atoms. The zero-order valence-corrected chi connectivity index (χ0v) is 19.6. The highest BCUT2D eigenvalue weighted by molar-refractivity contribution is 7.59. The smallest absolute Gasteiger partial charge is 0.382 e. The highest BCUT2D eigenvalue weighted by Crippen LogP contribution is 2.34. The predicted octanol–water partition coefficient (Wildman–Crippen LogP) is 5.44. The second kappa shape index (κ2) is 10.9. The van der Waals surface area contributed by atoms with Crippen molar-refractivity contribution in [3.8, 4) is 6.07 Å². The fourth-order valence-corrected chi connectivity index (χ4v) is 4.11. The number of nitriles is 1. The summed E-state index contributed by atoms with van der Waals surface area (Å²) in [5.74, 6) is -0.129. The second-order valence-corrected chi connectivity index (χ2v) is 7.78. The van der Waals surface area contributed by atoms with Crippen molar-refractivity contribution in [1.82, 2.24) is 10.3 Å². The molecule has 10 heteroatoms. The van der Waals surface area contributed by atoms with E-state index in [1.54, 1.807) is 12.3 Å². The molecule has 0 aliphatic heterocycles. The van der Waals surface area contributed by atoms with Crippen LogP contribution in [0.25, 0.3) is 10.9 Å². The molecular weight excluding hydrogens is 469 g/mol. The topological polar surface area (TPSA) is 80.7 Å². The van der Waals surface area contributed by atoms with Gasteiger partial charge in [-0.1, -0.05) is 18.2 Å². The Balaban J connectivity index is 0.00000193. The molecule has 0 saturated heterocycles. The van der Waals surface area contributed by atoms with Crippen molar-refractivity contribution in [3.05, 3.63) is 65.4 Å². The molecule has 0 spiro atoms. The summed E-state index contributed by atoms with van der Waals surface area (Å²) in [7, 11) is 0. The van der Waals surface area contributed by atoms with Crippen LogP contribution in [0.5, 0.6) is 0 Å². The fraction of sp³-hybridized carbons (Fsp3) is 0.304. The number of halogens is 3. The minimum atomic E-state index is -4.58. The molecule has 5 nitrogen and oxygen atoms in total. The molecule has 176 valence electrons. The first-order chi connectivity index (χ1) is 14.8. The van der Waals surface area contributed by atoms with Gasteiger partial charge in [0.25, 0.3) is 5.91 Å². The number of carbonyl (C=O) groups excluding carboxylic acids is 1. The van der Waals surface area contributed by atoms with E-state index in [9.17, 15) is 18.0 Å². The first-order valence-corrected chi connectivity index (χ1v) is 10.1. The average Bonchev–Trinajstić information content (AvgIpc) is 3.19. The number of aromatic amines is 1. The molecule has 1 amide bonds. The number of nitrogens with one attached hydrogen (secondary N) is 3. The third kappa shape index (κ3) is 5.97. The maximum absolute atomic E-state index is 13.2. The van der Waals surface area contributed by atoms with Crippen LogP contribution in [0.2, 0.25) is 0 Å². The Bertz CT molecular complexity index is 1150. The number of carbonyl (C=O) groups is 1. The van der Waals surface area contributed by atoms with Crippen LogP contribution in [0.15, 0.2) is 48.7 Å². The zero-order chi connectivity index (χ0) is 22.0. The van der Waals surface area contributed by atoms with Gasteiger partial charge < -0.3 is 15.6 Å². The number of benzene rings is 2. The number of hydrogen-bond acceptors (Lipinski definition) is 3. The number of amides is 1. The Labute approximate surface area is 203 Å². The standard InChI is InChI=1S/C23H21F3N4O.2H2S/c24-23(25,26)20-11-17(6-5-14(20)12-27)29-15-7-9-16(10-8-15)30-22(31)19-13-28-21-4-2-1-3-18(19)21;;/h1-6,11,13,15-16,28-29H,7-10H2,(H,30,31);2*1H2. The number of hydrogen-bond donors (Lipinski definition) is 3.